The van der Waals surface area contributed by atoms with Crippen LogP contribution in [-0.4, -0.2) is 61.4 Å². The Morgan fingerprint density at radius 1 is 1.26 bits per heavy atom. The van der Waals surface area contributed by atoms with Gasteiger partial charge in [-0.3, -0.25) is 0 Å². The Labute approximate surface area is 170 Å². The fraction of sp³-hybridized carbons (Fsp3) is 0.765. The van der Waals surface area contributed by atoms with Crippen molar-refractivity contribution in [1.82, 2.24) is 25.0 Å². The van der Waals surface area contributed by atoms with E-state index in [-0.39, 0.29) is 24.4 Å². The second-order valence-corrected chi connectivity index (χ2v) is 9.03. The molecule has 4 rings (SSSR count). The summed E-state index contributed by atoms with van der Waals surface area (Å²) in [7, 11) is 0. The lowest BCUT2D eigenvalue weighted by atomic mass is 10.2. The number of hydrogen-bond acceptors (Lipinski definition) is 8. The van der Waals surface area contributed by atoms with Crippen LogP contribution in [0.3, 0.4) is 0 Å². The molecule has 2 fully saturated rings. The SMILES string of the molecule is CCCSc1nc(Br)c2nnn([C@@H]3C[C@H](OCC)[C@H]4OC(C)(C)O[C@H]43)c2n1. The zero-order chi connectivity index (χ0) is 19.2. The summed E-state index contributed by atoms with van der Waals surface area (Å²) in [6.07, 6.45) is 1.50. The molecule has 0 amide bonds. The van der Waals surface area contributed by atoms with E-state index in [2.05, 4.69) is 38.1 Å². The highest BCUT2D eigenvalue weighted by Crippen LogP contribution is 2.45. The van der Waals surface area contributed by atoms with Gasteiger partial charge in [0.1, 0.15) is 16.8 Å². The van der Waals surface area contributed by atoms with E-state index in [0.717, 1.165) is 23.8 Å². The quantitative estimate of drug-likeness (QED) is 0.370. The van der Waals surface area contributed by atoms with Crippen molar-refractivity contribution in [2.75, 3.05) is 12.4 Å². The molecule has 1 aliphatic carbocycles. The first-order valence-corrected chi connectivity index (χ1v) is 11.1. The third-order valence-corrected chi connectivity index (χ3v) is 6.38. The first-order valence-electron chi connectivity index (χ1n) is 9.32. The van der Waals surface area contributed by atoms with Crippen LogP contribution in [0.2, 0.25) is 0 Å². The minimum atomic E-state index is -0.641. The summed E-state index contributed by atoms with van der Waals surface area (Å²) in [5.41, 5.74) is 1.37. The van der Waals surface area contributed by atoms with Gasteiger partial charge >= 0.3 is 0 Å². The fourth-order valence-electron chi connectivity index (χ4n) is 3.78. The van der Waals surface area contributed by atoms with Crippen molar-refractivity contribution in [1.29, 1.82) is 0 Å². The molecule has 2 aromatic rings. The number of hydrogen-bond donors (Lipinski definition) is 0. The monoisotopic (exact) mass is 457 g/mol. The van der Waals surface area contributed by atoms with Gasteiger partial charge < -0.3 is 14.2 Å². The zero-order valence-electron chi connectivity index (χ0n) is 15.9. The van der Waals surface area contributed by atoms with Crippen LogP contribution in [0.4, 0.5) is 0 Å². The molecule has 8 nitrogen and oxygen atoms in total. The lowest BCUT2D eigenvalue weighted by Gasteiger charge is -2.23. The molecule has 27 heavy (non-hydrogen) atoms. The maximum atomic E-state index is 6.21. The molecule has 0 aromatic carbocycles. The average Bonchev–Trinajstić information content (AvgIpc) is 3.25. The van der Waals surface area contributed by atoms with Gasteiger partial charge in [-0.05, 0) is 43.1 Å². The Kier molecular flexibility index (Phi) is 5.45. The molecule has 0 spiro atoms. The van der Waals surface area contributed by atoms with Crippen LogP contribution in [0.25, 0.3) is 11.2 Å². The first kappa shape index (κ1) is 19.5. The second-order valence-electron chi connectivity index (χ2n) is 7.21. The van der Waals surface area contributed by atoms with Crippen LogP contribution >= 0.6 is 27.7 Å². The largest absolute Gasteiger partial charge is 0.376 e. The maximum Gasteiger partial charge on any atom is 0.190 e. The van der Waals surface area contributed by atoms with Gasteiger partial charge in [0.15, 0.2) is 22.1 Å². The highest BCUT2D eigenvalue weighted by atomic mass is 79.9. The topological polar surface area (TPSA) is 84.2 Å². The Morgan fingerprint density at radius 2 is 2.04 bits per heavy atom. The molecule has 0 N–H and O–H groups in total. The van der Waals surface area contributed by atoms with Crippen LogP contribution in [0, 0.1) is 0 Å². The number of ether oxygens (including phenoxy) is 3. The van der Waals surface area contributed by atoms with Crippen molar-refractivity contribution in [3.05, 3.63) is 4.60 Å². The van der Waals surface area contributed by atoms with E-state index in [4.69, 9.17) is 19.2 Å². The smallest absolute Gasteiger partial charge is 0.190 e. The van der Waals surface area contributed by atoms with Gasteiger partial charge in [0.25, 0.3) is 0 Å². The summed E-state index contributed by atoms with van der Waals surface area (Å²) in [5.74, 6) is 0.322. The molecule has 0 unspecified atom stereocenters. The Morgan fingerprint density at radius 3 is 2.78 bits per heavy atom. The van der Waals surface area contributed by atoms with Gasteiger partial charge in [0.2, 0.25) is 0 Å². The molecule has 1 saturated heterocycles. The first-order chi connectivity index (χ1) is 12.9. The van der Waals surface area contributed by atoms with E-state index in [9.17, 15) is 0 Å². The number of halogens is 1. The summed E-state index contributed by atoms with van der Waals surface area (Å²) in [6, 6.07) is -0.0517. The molecule has 10 heteroatoms. The summed E-state index contributed by atoms with van der Waals surface area (Å²) in [4.78, 5) is 9.21. The van der Waals surface area contributed by atoms with Crippen molar-refractivity contribution >= 4 is 38.9 Å². The predicted octanol–water partition coefficient (Wildman–Crippen LogP) is 3.36. The molecular formula is C17H24BrN5O3S. The zero-order valence-corrected chi connectivity index (χ0v) is 18.3. The van der Waals surface area contributed by atoms with Gasteiger partial charge in [0, 0.05) is 18.8 Å². The lowest BCUT2D eigenvalue weighted by Crippen LogP contribution is -2.31. The molecular weight excluding hydrogens is 434 g/mol. The van der Waals surface area contributed by atoms with Gasteiger partial charge in [-0.1, -0.05) is 23.9 Å². The highest BCUT2D eigenvalue weighted by Gasteiger charge is 2.55. The number of thioether (sulfide) groups is 1. The Hall–Kier alpha value is -0.810. The van der Waals surface area contributed by atoms with Crippen molar-refractivity contribution < 1.29 is 14.2 Å². The molecule has 148 valence electrons. The van der Waals surface area contributed by atoms with Crippen molar-refractivity contribution in [2.24, 2.45) is 0 Å². The average molecular weight is 458 g/mol. The standard InChI is InChI=1S/C17H24BrN5O3S/c1-5-7-27-16-19-14(18)11-15(20-16)23(22-21-11)9-8-10(24-6-2)13-12(9)25-17(3,4)26-13/h9-10,12-13H,5-8H2,1-4H3/t9-,10+,12+,13-/m1/s1. The van der Waals surface area contributed by atoms with E-state index in [1.54, 1.807) is 11.8 Å². The van der Waals surface area contributed by atoms with Crippen molar-refractivity contribution in [3.63, 3.8) is 0 Å². The minimum Gasteiger partial charge on any atom is -0.376 e. The van der Waals surface area contributed by atoms with Crippen molar-refractivity contribution in [3.8, 4) is 0 Å². The maximum absolute atomic E-state index is 6.21. The molecule has 0 bridgehead atoms. The highest BCUT2D eigenvalue weighted by molar-refractivity contribution is 9.10. The molecule has 2 aromatic heterocycles. The molecule has 1 saturated carbocycles. The van der Waals surface area contributed by atoms with Gasteiger partial charge in [-0.15, -0.1) is 5.10 Å². The molecule has 0 radical (unpaired) electrons. The third-order valence-electron chi connectivity index (χ3n) is 4.77. The van der Waals surface area contributed by atoms with Crippen LogP contribution in [-0.2, 0) is 14.2 Å². The number of nitrogens with zero attached hydrogens (tertiary/aromatic N) is 5. The van der Waals surface area contributed by atoms with E-state index in [0.29, 0.717) is 22.4 Å². The van der Waals surface area contributed by atoms with Gasteiger partial charge in [0.05, 0.1) is 12.1 Å². The predicted molar refractivity (Wildman–Crippen MR) is 105 cm³/mol. The Bertz CT molecular complexity index is 832. The number of aromatic nitrogens is 5. The van der Waals surface area contributed by atoms with E-state index < -0.39 is 5.79 Å². The van der Waals surface area contributed by atoms with Crippen LogP contribution in [0.1, 0.15) is 46.6 Å². The summed E-state index contributed by atoms with van der Waals surface area (Å²) >= 11 is 5.14. The summed E-state index contributed by atoms with van der Waals surface area (Å²) < 4.78 is 20.8. The summed E-state index contributed by atoms with van der Waals surface area (Å²) in [5, 5.41) is 9.42. The molecule has 1 aliphatic heterocycles. The minimum absolute atomic E-state index is 0.0368. The van der Waals surface area contributed by atoms with Crippen LogP contribution in [0.5, 0.6) is 0 Å². The van der Waals surface area contributed by atoms with Crippen LogP contribution < -0.4 is 0 Å². The van der Waals surface area contributed by atoms with E-state index >= 15 is 0 Å². The molecule has 3 heterocycles. The van der Waals surface area contributed by atoms with E-state index in [1.807, 2.05) is 25.5 Å². The Balaban J connectivity index is 1.71. The molecule has 4 atom stereocenters. The fourth-order valence-corrected chi connectivity index (χ4v) is 5.02. The lowest BCUT2D eigenvalue weighted by molar-refractivity contribution is -0.170. The second kappa shape index (κ2) is 7.55. The van der Waals surface area contributed by atoms with Gasteiger partial charge in [-0.2, -0.15) is 0 Å². The number of rotatable bonds is 6. The van der Waals surface area contributed by atoms with E-state index in [1.165, 1.54) is 0 Å². The van der Waals surface area contributed by atoms with Crippen molar-refractivity contribution in [2.45, 2.75) is 75.8 Å². The number of fused-ring (bicyclic) bond motifs is 2. The third kappa shape index (κ3) is 3.62. The van der Waals surface area contributed by atoms with Crippen LogP contribution in [0.15, 0.2) is 9.76 Å². The normalized spacial score (nSPS) is 29.5. The van der Waals surface area contributed by atoms with Gasteiger partial charge in [-0.25, -0.2) is 14.6 Å². The summed E-state index contributed by atoms with van der Waals surface area (Å²) in [6.45, 7) is 8.63. The molecule has 2 aliphatic rings.